The van der Waals surface area contributed by atoms with Gasteiger partial charge >= 0.3 is 6.18 Å². The molecule has 2 rings (SSSR count). The van der Waals surface area contributed by atoms with Gasteiger partial charge in [-0.3, -0.25) is 4.79 Å². The van der Waals surface area contributed by atoms with E-state index in [1.165, 1.54) is 30.6 Å². The molecule has 0 saturated heterocycles. The van der Waals surface area contributed by atoms with Gasteiger partial charge in [0.2, 0.25) is 5.95 Å². The molecule has 2 N–H and O–H groups in total. The first kappa shape index (κ1) is 18.7. The highest BCUT2D eigenvalue weighted by Crippen LogP contribution is 2.34. The highest BCUT2D eigenvalue weighted by atomic mass is 19.4. The molecule has 0 unspecified atom stereocenters. The number of amides is 1. The van der Waals surface area contributed by atoms with Gasteiger partial charge in [0.15, 0.2) is 0 Å². The molecule has 0 fully saturated rings. The maximum atomic E-state index is 12.9. The Balaban J connectivity index is 2.02. The van der Waals surface area contributed by atoms with Crippen LogP contribution < -0.4 is 10.6 Å². The molecule has 2 aromatic rings. The number of para-hydroxylation sites is 1. The molecular formula is C16H17F3N4O2. The number of benzene rings is 1. The van der Waals surface area contributed by atoms with Crippen LogP contribution in [-0.2, 0) is 10.9 Å². The smallest absolute Gasteiger partial charge is 0.385 e. The number of carbonyl (C=O) groups is 1. The van der Waals surface area contributed by atoms with Gasteiger partial charge in [0.1, 0.15) is 0 Å². The summed E-state index contributed by atoms with van der Waals surface area (Å²) in [5.74, 6) is -0.397. The van der Waals surface area contributed by atoms with Gasteiger partial charge in [-0.25, -0.2) is 9.97 Å². The molecule has 0 aliphatic heterocycles. The van der Waals surface area contributed by atoms with Gasteiger partial charge in [-0.2, -0.15) is 13.2 Å². The molecule has 134 valence electrons. The van der Waals surface area contributed by atoms with Crippen molar-refractivity contribution in [3.8, 4) is 0 Å². The third-order valence-electron chi connectivity index (χ3n) is 3.20. The molecule has 9 heteroatoms. The molecule has 0 spiro atoms. The van der Waals surface area contributed by atoms with Crippen molar-refractivity contribution in [1.82, 2.24) is 9.97 Å². The highest BCUT2D eigenvalue weighted by molar-refractivity contribution is 6.04. The number of hydrogen-bond donors (Lipinski definition) is 2. The Bertz CT molecular complexity index is 705. The number of nitrogens with zero attached hydrogens (tertiary/aromatic N) is 2. The van der Waals surface area contributed by atoms with Crippen LogP contribution >= 0.6 is 0 Å². The number of nitrogens with one attached hydrogen (secondary N) is 2. The van der Waals surface area contributed by atoms with Crippen molar-refractivity contribution >= 4 is 17.5 Å². The molecule has 0 aliphatic carbocycles. The Labute approximate surface area is 142 Å². The highest BCUT2D eigenvalue weighted by Gasteiger charge is 2.33. The lowest BCUT2D eigenvalue weighted by atomic mass is 10.1. The first-order chi connectivity index (χ1) is 11.9. The fraction of sp³-hybridized carbons (Fsp3) is 0.312. The Hall–Kier alpha value is -2.68. The molecule has 25 heavy (non-hydrogen) atoms. The zero-order valence-electron chi connectivity index (χ0n) is 13.4. The van der Waals surface area contributed by atoms with Gasteiger partial charge < -0.3 is 15.4 Å². The van der Waals surface area contributed by atoms with E-state index in [1.807, 2.05) is 0 Å². The van der Waals surface area contributed by atoms with Gasteiger partial charge in [0.05, 0.1) is 16.8 Å². The van der Waals surface area contributed by atoms with E-state index in [4.69, 9.17) is 4.74 Å². The number of rotatable bonds is 7. The number of anilines is 2. The van der Waals surface area contributed by atoms with Gasteiger partial charge in [0.25, 0.3) is 5.91 Å². The average Bonchev–Trinajstić information content (AvgIpc) is 2.59. The van der Waals surface area contributed by atoms with E-state index < -0.39 is 17.6 Å². The minimum Gasteiger partial charge on any atom is -0.385 e. The van der Waals surface area contributed by atoms with Crippen LogP contribution in [-0.4, -0.2) is 36.1 Å². The third kappa shape index (κ3) is 5.42. The number of methoxy groups -OCH3 is 1. The van der Waals surface area contributed by atoms with E-state index >= 15 is 0 Å². The number of aromatic nitrogens is 2. The van der Waals surface area contributed by atoms with Crippen molar-refractivity contribution in [2.75, 3.05) is 30.9 Å². The first-order valence-electron chi connectivity index (χ1n) is 7.44. The van der Waals surface area contributed by atoms with E-state index in [0.717, 1.165) is 12.5 Å². The predicted octanol–water partition coefficient (Wildman–Crippen LogP) is 3.20. The van der Waals surface area contributed by atoms with Crippen LogP contribution in [0, 0.1) is 0 Å². The third-order valence-corrected chi connectivity index (χ3v) is 3.20. The number of carbonyl (C=O) groups excluding carboxylic acids is 1. The van der Waals surface area contributed by atoms with Crippen molar-refractivity contribution in [2.45, 2.75) is 12.6 Å². The van der Waals surface area contributed by atoms with Gasteiger partial charge in [-0.15, -0.1) is 0 Å². The van der Waals surface area contributed by atoms with Crippen LogP contribution in [0.1, 0.15) is 22.3 Å². The monoisotopic (exact) mass is 354 g/mol. The molecule has 1 aromatic heterocycles. The topological polar surface area (TPSA) is 76.1 Å². The fourth-order valence-corrected chi connectivity index (χ4v) is 1.99. The summed E-state index contributed by atoms with van der Waals surface area (Å²) in [6.07, 6.45) is -1.30. The fourth-order valence-electron chi connectivity index (χ4n) is 1.99. The molecule has 0 bridgehead atoms. The van der Waals surface area contributed by atoms with Crippen LogP contribution in [0.25, 0.3) is 0 Å². The average molecular weight is 354 g/mol. The van der Waals surface area contributed by atoms with Crippen LogP contribution in [0.15, 0.2) is 36.7 Å². The molecule has 0 saturated carbocycles. The van der Waals surface area contributed by atoms with Crippen molar-refractivity contribution in [1.29, 1.82) is 0 Å². The molecule has 1 aromatic carbocycles. The zero-order valence-corrected chi connectivity index (χ0v) is 13.4. The summed E-state index contributed by atoms with van der Waals surface area (Å²) in [4.78, 5) is 20.0. The summed E-state index contributed by atoms with van der Waals surface area (Å²) in [5.41, 5.74) is -1.18. The summed E-state index contributed by atoms with van der Waals surface area (Å²) in [7, 11) is 1.60. The second kappa shape index (κ2) is 8.43. The molecule has 1 amide bonds. The van der Waals surface area contributed by atoms with Crippen molar-refractivity contribution in [3.63, 3.8) is 0 Å². The maximum Gasteiger partial charge on any atom is 0.418 e. The van der Waals surface area contributed by atoms with E-state index in [-0.39, 0.29) is 11.3 Å². The summed E-state index contributed by atoms with van der Waals surface area (Å²) in [6, 6.07) is 4.76. The molecule has 0 radical (unpaired) electrons. The Kier molecular flexibility index (Phi) is 6.29. The Morgan fingerprint density at radius 3 is 2.52 bits per heavy atom. The first-order valence-corrected chi connectivity index (χ1v) is 7.44. The summed E-state index contributed by atoms with van der Waals surface area (Å²) >= 11 is 0. The number of alkyl halides is 3. The van der Waals surface area contributed by atoms with Crippen LogP contribution in [0.4, 0.5) is 24.8 Å². The normalized spacial score (nSPS) is 11.2. The minimum atomic E-state index is -4.56. The number of hydrogen-bond acceptors (Lipinski definition) is 5. The molecule has 6 nitrogen and oxygen atoms in total. The largest absolute Gasteiger partial charge is 0.418 e. The molecule has 0 atom stereocenters. The van der Waals surface area contributed by atoms with E-state index in [2.05, 4.69) is 20.6 Å². The summed E-state index contributed by atoms with van der Waals surface area (Å²) in [5, 5.41) is 5.18. The second-order valence-corrected chi connectivity index (χ2v) is 5.07. The lowest BCUT2D eigenvalue weighted by Gasteiger charge is -2.13. The van der Waals surface area contributed by atoms with Gasteiger partial charge in [0, 0.05) is 32.7 Å². The van der Waals surface area contributed by atoms with Crippen molar-refractivity contribution in [2.24, 2.45) is 0 Å². The number of ether oxygens (including phenoxy) is 1. The van der Waals surface area contributed by atoms with Gasteiger partial charge in [-0.05, 0) is 18.6 Å². The number of halogens is 3. The van der Waals surface area contributed by atoms with E-state index in [0.29, 0.717) is 19.1 Å². The lowest BCUT2D eigenvalue weighted by molar-refractivity contribution is -0.136. The standard InChI is InChI=1S/C16H17F3N4O2/c1-25-8-4-7-20-15-21-9-11(10-22-15)14(24)23-13-6-3-2-5-12(13)16(17,18)19/h2-3,5-6,9-10H,4,7-8H2,1H3,(H,23,24)(H,20,21,22). The van der Waals surface area contributed by atoms with Crippen molar-refractivity contribution in [3.05, 3.63) is 47.8 Å². The summed E-state index contributed by atoms with van der Waals surface area (Å²) < 4.78 is 43.7. The van der Waals surface area contributed by atoms with E-state index in [9.17, 15) is 18.0 Å². The second-order valence-electron chi connectivity index (χ2n) is 5.07. The van der Waals surface area contributed by atoms with Crippen LogP contribution in [0.2, 0.25) is 0 Å². The Morgan fingerprint density at radius 1 is 1.20 bits per heavy atom. The maximum absolute atomic E-state index is 12.9. The predicted molar refractivity (Wildman–Crippen MR) is 86.4 cm³/mol. The quantitative estimate of drug-likeness (QED) is 0.747. The molecular weight excluding hydrogens is 337 g/mol. The SMILES string of the molecule is COCCCNc1ncc(C(=O)Nc2ccccc2C(F)(F)F)cn1. The zero-order chi connectivity index (χ0) is 18.3. The van der Waals surface area contributed by atoms with Crippen molar-refractivity contribution < 1.29 is 22.7 Å². The minimum absolute atomic E-state index is 0.0550. The van der Waals surface area contributed by atoms with Crippen LogP contribution in [0.5, 0.6) is 0 Å². The van der Waals surface area contributed by atoms with Crippen LogP contribution in [0.3, 0.4) is 0 Å². The molecule has 0 aliphatic rings. The summed E-state index contributed by atoms with van der Waals surface area (Å²) in [6.45, 7) is 1.18. The van der Waals surface area contributed by atoms with E-state index in [1.54, 1.807) is 7.11 Å². The molecule has 1 heterocycles. The lowest BCUT2D eigenvalue weighted by Crippen LogP contribution is -2.17. The van der Waals surface area contributed by atoms with Gasteiger partial charge in [-0.1, -0.05) is 12.1 Å². The Morgan fingerprint density at radius 2 is 1.88 bits per heavy atom.